The largest absolute Gasteiger partial charge is 0.265 e. The molecule has 0 aliphatic carbocycles. The van der Waals surface area contributed by atoms with Gasteiger partial charge in [-0.2, -0.15) is 5.10 Å². The molecule has 1 atom stereocenters. The Bertz CT molecular complexity index is 1030. The van der Waals surface area contributed by atoms with Crippen LogP contribution < -0.4 is 0 Å². The van der Waals surface area contributed by atoms with Crippen LogP contribution in [0.15, 0.2) is 42.9 Å². The first-order valence-electron chi connectivity index (χ1n) is 9.31. The molecule has 4 rings (SSSR count). The van der Waals surface area contributed by atoms with Gasteiger partial charge in [-0.25, -0.2) is 22.2 Å². The third-order valence-corrected chi connectivity index (χ3v) is 7.01. The van der Waals surface area contributed by atoms with Crippen LogP contribution in [0, 0.1) is 0 Å². The molecule has 1 saturated heterocycles. The number of rotatable bonds is 5. The van der Waals surface area contributed by atoms with E-state index in [1.54, 1.807) is 21.2 Å². The summed E-state index contributed by atoms with van der Waals surface area (Å²) < 4.78 is 28.2. The van der Waals surface area contributed by atoms with E-state index in [1.807, 2.05) is 37.4 Å². The van der Waals surface area contributed by atoms with Gasteiger partial charge in [0.15, 0.2) is 11.5 Å². The third-order valence-electron chi connectivity index (χ3n) is 4.97. The highest BCUT2D eigenvalue weighted by Crippen LogP contribution is 2.27. The molecule has 0 bridgehead atoms. The molecule has 0 spiro atoms. The van der Waals surface area contributed by atoms with Crippen molar-refractivity contribution in [3.63, 3.8) is 0 Å². The molecule has 0 aromatic carbocycles. The van der Waals surface area contributed by atoms with Crippen molar-refractivity contribution in [1.82, 2.24) is 23.9 Å². The SMILES string of the molecule is CCCS(=O)(=O)N1CCC[C@@H](c2nc3ccc(-c4ccncc4)cn3n2)C1. The summed E-state index contributed by atoms with van der Waals surface area (Å²) in [7, 11) is -3.18. The minimum Gasteiger partial charge on any atom is -0.265 e. The van der Waals surface area contributed by atoms with Gasteiger partial charge in [0.1, 0.15) is 0 Å². The number of aromatic nitrogens is 4. The smallest absolute Gasteiger partial charge is 0.214 e. The van der Waals surface area contributed by atoms with E-state index in [-0.39, 0.29) is 11.7 Å². The Morgan fingerprint density at radius 3 is 2.74 bits per heavy atom. The lowest BCUT2D eigenvalue weighted by Gasteiger charge is -2.30. The second-order valence-electron chi connectivity index (χ2n) is 6.94. The van der Waals surface area contributed by atoms with Crippen LogP contribution in [0.2, 0.25) is 0 Å². The first-order valence-corrected chi connectivity index (χ1v) is 10.9. The standard InChI is InChI=1S/C19H23N5O2S/c1-2-12-27(25,26)23-11-3-4-17(13-23)19-21-18-6-5-16(14-24(18)22-19)15-7-9-20-10-8-15/h5-10,14,17H,2-4,11-13H2,1H3/t17-/m1/s1. The molecule has 27 heavy (non-hydrogen) atoms. The molecule has 0 saturated carbocycles. The predicted octanol–water partition coefficient (Wildman–Crippen LogP) is 2.71. The van der Waals surface area contributed by atoms with Crippen LogP contribution in [0.3, 0.4) is 0 Å². The molecule has 0 amide bonds. The molecule has 8 heteroatoms. The Morgan fingerprint density at radius 2 is 1.96 bits per heavy atom. The molecule has 4 heterocycles. The van der Waals surface area contributed by atoms with Crippen LogP contribution in [0.1, 0.15) is 37.9 Å². The van der Waals surface area contributed by atoms with E-state index < -0.39 is 10.0 Å². The maximum atomic E-state index is 12.4. The van der Waals surface area contributed by atoms with Crippen LogP contribution in [0.5, 0.6) is 0 Å². The third kappa shape index (κ3) is 3.72. The topological polar surface area (TPSA) is 80.5 Å². The lowest BCUT2D eigenvalue weighted by molar-refractivity contribution is 0.309. The van der Waals surface area contributed by atoms with E-state index >= 15 is 0 Å². The zero-order valence-electron chi connectivity index (χ0n) is 15.3. The van der Waals surface area contributed by atoms with Crippen molar-refractivity contribution in [3.8, 4) is 11.1 Å². The molecule has 142 valence electrons. The van der Waals surface area contributed by atoms with E-state index in [9.17, 15) is 8.42 Å². The van der Waals surface area contributed by atoms with Crippen molar-refractivity contribution in [1.29, 1.82) is 0 Å². The molecule has 7 nitrogen and oxygen atoms in total. The molecule has 3 aromatic heterocycles. The number of sulfonamides is 1. The Kier molecular flexibility index (Phi) is 4.92. The van der Waals surface area contributed by atoms with Crippen molar-refractivity contribution in [3.05, 3.63) is 48.7 Å². The molecule has 0 unspecified atom stereocenters. The fourth-order valence-electron chi connectivity index (χ4n) is 3.58. The van der Waals surface area contributed by atoms with Gasteiger partial charge < -0.3 is 0 Å². The number of hydrogen-bond donors (Lipinski definition) is 0. The quantitative estimate of drug-likeness (QED) is 0.675. The number of piperidine rings is 1. The van der Waals surface area contributed by atoms with Crippen molar-refractivity contribution in [2.24, 2.45) is 0 Å². The number of nitrogens with zero attached hydrogens (tertiary/aromatic N) is 5. The highest BCUT2D eigenvalue weighted by Gasteiger charge is 2.31. The van der Waals surface area contributed by atoms with Gasteiger partial charge in [-0.1, -0.05) is 6.92 Å². The number of pyridine rings is 2. The van der Waals surface area contributed by atoms with Crippen molar-refractivity contribution in [2.75, 3.05) is 18.8 Å². The summed E-state index contributed by atoms with van der Waals surface area (Å²) >= 11 is 0. The van der Waals surface area contributed by atoms with Gasteiger partial charge in [-0.3, -0.25) is 4.98 Å². The average Bonchev–Trinajstić information content (AvgIpc) is 3.12. The Hall–Kier alpha value is -2.32. The summed E-state index contributed by atoms with van der Waals surface area (Å²) in [5.41, 5.74) is 2.88. The summed E-state index contributed by atoms with van der Waals surface area (Å²) in [6.45, 7) is 2.96. The van der Waals surface area contributed by atoms with Gasteiger partial charge in [0.05, 0.1) is 5.75 Å². The van der Waals surface area contributed by atoms with E-state index in [0.717, 1.165) is 35.4 Å². The molecular formula is C19H23N5O2S. The normalized spacial score (nSPS) is 18.8. The van der Waals surface area contributed by atoms with E-state index in [1.165, 1.54) is 0 Å². The van der Waals surface area contributed by atoms with Crippen molar-refractivity contribution >= 4 is 15.7 Å². The maximum Gasteiger partial charge on any atom is 0.214 e. The van der Waals surface area contributed by atoms with Crippen molar-refractivity contribution in [2.45, 2.75) is 32.1 Å². The number of hydrogen-bond acceptors (Lipinski definition) is 5. The van der Waals surface area contributed by atoms with E-state index in [4.69, 9.17) is 0 Å². The molecule has 3 aromatic rings. The zero-order valence-corrected chi connectivity index (χ0v) is 16.1. The van der Waals surface area contributed by atoms with Crippen LogP contribution in [-0.4, -0.2) is 51.1 Å². The van der Waals surface area contributed by atoms with Gasteiger partial charge >= 0.3 is 0 Å². The summed E-state index contributed by atoms with van der Waals surface area (Å²) in [5.74, 6) is 0.959. The molecule has 1 aliphatic rings. The van der Waals surface area contributed by atoms with Crippen LogP contribution in [0.25, 0.3) is 16.8 Å². The molecule has 1 aliphatic heterocycles. The molecule has 0 radical (unpaired) electrons. The Morgan fingerprint density at radius 1 is 1.15 bits per heavy atom. The summed E-state index contributed by atoms with van der Waals surface area (Å²) in [4.78, 5) is 8.70. The second-order valence-corrected chi connectivity index (χ2v) is 9.03. The highest BCUT2D eigenvalue weighted by atomic mass is 32.2. The van der Waals surface area contributed by atoms with Gasteiger partial charge in [0.2, 0.25) is 10.0 Å². The average molecular weight is 385 g/mol. The van der Waals surface area contributed by atoms with Crippen LogP contribution >= 0.6 is 0 Å². The molecular weight excluding hydrogens is 362 g/mol. The first-order chi connectivity index (χ1) is 13.1. The zero-order chi connectivity index (χ0) is 18.9. The highest BCUT2D eigenvalue weighted by molar-refractivity contribution is 7.89. The second kappa shape index (κ2) is 7.36. The predicted molar refractivity (Wildman–Crippen MR) is 104 cm³/mol. The summed E-state index contributed by atoms with van der Waals surface area (Å²) in [5, 5.41) is 4.65. The Labute approximate surface area is 159 Å². The van der Waals surface area contributed by atoms with Crippen LogP contribution in [0.4, 0.5) is 0 Å². The molecule has 1 fully saturated rings. The van der Waals surface area contributed by atoms with Gasteiger partial charge in [0, 0.05) is 43.2 Å². The number of fused-ring (bicyclic) bond motifs is 1. The fourth-order valence-corrected chi connectivity index (χ4v) is 5.17. The minimum absolute atomic E-state index is 0.0367. The first kappa shape index (κ1) is 18.1. The van der Waals surface area contributed by atoms with E-state index in [0.29, 0.717) is 19.5 Å². The lowest BCUT2D eigenvalue weighted by atomic mass is 9.99. The maximum absolute atomic E-state index is 12.4. The van der Waals surface area contributed by atoms with Gasteiger partial charge in [-0.15, -0.1) is 0 Å². The monoisotopic (exact) mass is 385 g/mol. The summed E-state index contributed by atoms with van der Waals surface area (Å²) in [6.07, 6.45) is 7.86. The van der Waals surface area contributed by atoms with Gasteiger partial charge in [0.25, 0.3) is 0 Å². The fraction of sp³-hybridized carbons (Fsp3) is 0.421. The summed E-state index contributed by atoms with van der Waals surface area (Å²) in [6, 6.07) is 7.87. The van der Waals surface area contributed by atoms with Crippen molar-refractivity contribution < 1.29 is 8.42 Å². The van der Waals surface area contributed by atoms with Crippen LogP contribution in [-0.2, 0) is 10.0 Å². The van der Waals surface area contributed by atoms with E-state index in [2.05, 4.69) is 15.1 Å². The molecule has 0 N–H and O–H groups in total. The van der Waals surface area contributed by atoms with Gasteiger partial charge in [-0.05, 0) is 49.1 Å². The lowest BCUT2D eigenvalue weighted by Crippen LogP contribution is -2.40. The Balaban J connectivity index is 1.60. The minimum atomic E-state index is -3.18.